The van der Waals surface area contributed by atoms with Gasteiger partial charge in [-0.25, -0.2) is 0 Å². The molecule has 3 rings (SSSR count). The highest BCUT2D eigenvalue weighted by Crippen LogP contribution is 2.24. The highest BCUT2D eigenvalue weighted by Gasteiger charge is 2.15. The van der Waals surface area contributed by atoms with Crippen molar-refractivity contribution in [3.05, 3.63) is 44.0 Å². The largest absolute Gasteiger partial charge is 0.757 e. The van der Waals surface area contributed by atoms with Crippen LogP contribution in [0.25, 0.3) is 5.70 Å². The summed E-state index contributed by atoms with van der Waals surface area (Å²) >= 11 is 7.88. The smallest absolute Gasteiger partial charge is 0.177 e. The molecule has 1 aliphatic rings. The number of hydrogen-bond donors (Lipinski definition) is 1. The standard InChI is InChI=1S/C12H11N4OS3/c1-7-8-4-2-3-5-9(8)13-10(16(7)17)6-19-12-15-14-11(18)20-12/h2-5,10H,6H2,1H3,(H,14,18)/q-1. The Balaban J connectivity index is 1.85. The van der Waals surface area contributed by atoms with Gasteiger partial charge in [-0.2, -0.15) is 5.10 Å². The fourth-order valence-electron chi connectivity index (χ4n) is 1.98. The number of nitrogens with zero attached hydrogens (tertiary/aromatic N) is 3. The molecule has 5 nitrogen and oxygen atoms in total. The van der Waals surface area contributed by atoms with E-state index in [1.165, 1.54) is 23.1 Å². The average molecular weight is 323 g/mol. The van der Waals surface area contributed by atoms with Gasteiger partial charge in [0.2, 0.25) is 0 Å². The van der Waals surface area contributed by atoms with Crippen LogP contribution in [0, 0.1) is 9.16 Å². The predicted molar refractivity (Wildman–Crippen MR) is 83.3 cm³/mol. The third kappa shape index (κ3) is 2.64. The fourth-order valence-corrected chi connectivity index (χ4v) is 4.06. The molecule has 2 heterocycles. The van der Waals surface area contributed by atoms with Gasteiger partial charge in [0.15, 0.2) is 8.29 Å². The number of aromatic amines is 1. The van der Waals surface area contributed by atoms with E-state index in [1.54, 1.807) is 0 Å². The van der Waals surface area contributed by atoms with Gasteiger partial charge in [0.1, 0.15) is 6.17 Å². The molecule has 0 bridgehead atoms. The molecule has 1 atom stereocenters. The van der Waals surface area contributed by atoms with E-state index in [0.717, 1.165) is 20.0 Å². The lowest BCUT2D eigenvalue weighted by Crippen LogP contribution is -2.43. The molecule has 0 fully saturated rings. The number of aromatic nitrogens is 2. The summed E-state index contributed by atoms with van der Waals surface area (Å²) in [6, 6.07) is 7.69. The van der Waals surface area contributed by atoms with Crippen LogP contribution in [0.1, 0.15) is 6.92 Å². The van der Waals surface area contributed by atoms with Crippen LogP contribution in [0.15, 0.2) is 33.6 Å². The van der Waals surface area contributed by atoms with Crippen LogP contribution < -0.4 is 10.6 Å². The van der Waals surface area contributed by atoms with Gasteiger partial charge < -0.3 is 10.3 Å². The number of thioether (sulfide) groups is 1. The first-order valence-corrected chi connectivity index (χ1v) is 8.14. The zero-order chi connectivity index (χ0) is 14.1. The lowest BCUT2D eigenvalue weighted by atomic mass is 10.2. The molecule has 0 saturated heterocycles. The summed E-state index contributed by atoms with van der Waals surface area (Å²) < 4.78 is 1.47. The van der Waals surface area contributed by atoms with Gasteiger partial charge in [-0.05, 0) is 25.2 Å². The van der Waals surface area contributed by atoms with Crippen LogP contribution in [0.5, 0.6) is 0 Å². The van der Waals surface area contributed by atoms with Gasteiger partial charge >= 0.3 is 0 Å². The molecule has 0 aliphatic carbocycles. The molecule has 0 spiro atoms. The Kier molecular flexibility index (Phi) is 3.88. The maximum absolute atomic E-state index is 12.2. The van der Waals surface area contributed by atoms with Crippen molar-refractivity contribution in [2.24, 2.45) is 4.99 Å². The van der Waals surface area contributed by atoms with E-state index in [4.69, 9.17) is 12.2 Å². The highest BCUT2D eigenvalue weighted by molar-refractivity contribution is 8.01. The summed E-state index contributed by atoms with van der Waals surface area (Å²) in [5.41, 5.74) is 0.704. The molecule has 2 aromatic rings. The van der Waals surface area contributed by atoms with E-state index in [9.17, 15) is 5.21 Å². The maximum atomic E-state index is 12.2. The van der Waals surface area contributed by atoms with Crippen LogP contribution in [-0.4, -0.2) is 27.2 Å². The number of rotatable bonds is 3. The monoisotopic (exact) mass is 323 g/mol. The second kappa shape index (κ2) is 5.65. The average Bonchev–Trinajstić information content (AvgIpc) is 2.87. The van der Waals surface area contributed by atoms with E-state index < -0.39 is 6.17 Å². The Bertz CT molecular complexity index is 797. The minimum absolute atomic E-state index is 0.424. The topological polar surface area (TPSA) is 67.3 Å². The lowest BCUT2D eigenvalue weighted by molar-refractivity contribution is 0.407. The van der Waals surface area contributed by atoms with Gasteiger partial charge in [-0.15, -0.1) is 0 Å². The van der Waals surface area contributed by atoms with E-state index in [-0.39, 0.29) is 0 Å². The molecular formula is C12H11N4OS3-. The first kappa shape index (κ1) is 13.7. The molecular weight excluding hydrogens is 312 g/mol. The fraction of sp³-hybridized carbons (Fsp3) is 0.250. The lowest BCUT2D eigenvalue weighted by Gasteiger charge is -2.39. The first-order valence-electron chi connectivity index (χ1n) is 5.93. The first-order chi connectivity index (χ1) is 9.65. The Hall–Kier alpha value is -1.22. The molecule has 1 aliphatic heterocycles. The van der Waals surface area contributed by atoms with E-state index in [1.807, 2.05) is 31.2 Å². The van der Waals surface area contributed by atoms with Crippen molar-refractivity contribution >= 4 is 41.0 Å². The van der Waals surface area contributed by atoms with Crippen LogP contribution >= 0.6 is 35.3 Å². The van der Waals surface area contributed by atoms with Crippen molar-refractivity contribution in [3.63, 3.8) is 0 Å². The van der Waals surface area contributed by atoms with Crippen LogP contribution in [-0.2, 0) is 0 Å². The normalized spacial score (nSPS) is 17.8. The number of hydroxylamine groups is 2. The summed E-state index contributed by atoms with van der Waals surface area (Å²) in [4.78, 5) is 4.51. The SMILES string of the molecule is CC1=c2ccccc2=NC(CSc2n[nH]c(=S)s2)N1[O-]. The van der Waals surface area contributed by atoms with Crippen LogP contribution in [0.2, 0.25) is 0 Å². The minimum atomic E-state index is -0.424. The van der Waals surface area contributed by atoms with Crippen molar-refractivity contribution < 1.29 is 0 Å². The Morgan fingerprint density at radius 1 is 1.50 bits per heavy atom. The molecule has 0 saturated carbocycles. The molecule has 1 unspecified atom stereocenters. The number of hydrogen-bond acceptors (Lipinski definition) is 7. The maximum Gasteiger partial charge on any atom is 0.177 e. The van der Waals surface area contributed by atoms with Crippen molar-refractivity contribution in [2.75, 3.05) is 5.75 Å². The zero-order valence-corrected chi connectivity index (χ0v) is 13.0. The number of para-hydroxylation sites is 1. The molecule has 8 heteroatoms. The second-order valence-corrected chi connectivity index (χ2v) is 7.16. The van der Waals surface area contributed by atoms with Gasteiger partial charge in [0, 0.05) is 16.7 Å². The van der Waals surface area contributed by atoms with Crippen molar-refractivity contribution in [3.8, 4) is 0 Å². The van der Waals surface area contributed by atoms with Gasteiger partial charge in [0.25, 0.3) is 0 Å². The van der Waals surface area contributed by atoms with E-state index in [2.05, 4.69) is 15.2 Å². The summed E-state index contributed by atoms with van der Waals surface area (Å²) in [5, 5.41) is 21.8. The number of nitrogens with one attached hydrogen (secondary N) is 1. The third-order valence-electron chi connectivity index (χ3n) is 2.96. The Morgan fingerprint density at radius 2 is 2.30 bits per heavy atom. The molecule has 1 aromatic carbocycles. The van der Waals surface area contributed by atoms with E-state index >= 15 is 0 Å². The molecule has 20 heavy (non-hydrogen) atoms. The highest BCUT2D eigenvalue weighted by atomic mass is 32.2. The van der Waals surface area contributed by atoms with Crippen LogP contribution in [0.3, 0.4) is 0 Å². The summed E-state index contributed by atoms with van der Waals surface area (Å²) in [7, 11) is 0. The summed E-state index contributed by atoms with van der Waals surface area (Å²) in [6.45, 7) is 1.83. The summed E-state index contributed by atoms with van der Waals surface area (Å²) in [6.07, 6.45) is -0.424. The number of benzene rings is 1. The molecule has 104 valence electrons. The van der Waals surface area contributed by atoms with Crippen molar-refractivity contribution in [1.29, 1.82) is 0 Å². The Labute approximate surface area is 128 Å². The van der Waals surface area contributed by atoms with E-state index in [0.29, 0.717) is 15.4 Å². The van der Waals surface area contributed by atoms with Crippen molar-refractivity contribution in [1.82, 2.24) is 15.3 Å². The van der Waals surface area contributed by atoms with Gasteiger partial charge in [-0.1, -0.05) is 41.3 Å². The zero-order valence-electron chi connectivity index (χ0n) is 10.6. The minimum Gasteiger partial charge on any atom is -0.757 e. The molecule has 0 radical (unpaired) electrons. The second-order valence-electron chi connectivity index (χ2n) is 4.23. The van der Waals surface area contributed by atoms with Gasteiger partial charge in [0.05, 0.1) is 5.36 Å². The quantitative estimate of drug-likeness (QED) is 0.690. The molecule has 0 amide bonds. The molecule has 1 N–H and O–H groups in total. The predicted octanol–water partition coefficient (Wildman–Crippen LogP) is 1.88. The van der Waals surface area contributed by atoms with Gasteiger partial charge in [-0.3, -0.25) is 10.1 Å². The summed E-state index contributed by atoms with van der Waals surface area (Å²) in [5.74, 6) is 0.547. The Morgan fingerprint density at radius 3 is 3.05 bits per heavy atom. The number of fused-ring (bicyclic) bond motifs is 1. The van der Waals surface area contributed by atoms with Crippen molar-refractivity contribution in [2.45, 2.75) is 17.4 Å². The molecule has 1 aromatic heterocycles. The number of H-pyrrole nitrogens is 1. The third-order valence-corrected chi connectivity index (χ3v) is 5.25. The van der Waals surface area contributed by atoms with Crippen LogP contribution in [0.4, 0.5) is 0 Å².